The molecule has 2 aliphatic heterocycles. The third kappa shape index (κ3) is 3.36. The van der Waals surface area contributed by atoms with Crippen molar-refractivity contribution >= 4 is 33.3 Å². The van der Waals surface area contributed by atoms with Crippen molar-refractivity contribution in [3.63, 3.8) is 0 Å². The number of rotatable bonds is 2. The molecule has 0 aromatic carbocycles. The number of carbonyl (C=O) groups is 1. The molecule has 4 heterocycles. The summed E-state index contributed by atoms with van der Waals surface area (Å²) in [6.45, 7) is 4.73. The summed E-state index contributed by atoms with van der Waals surface area (Å²) in [4.78, 5) is 25.6. The summed E-state index contributed by atoms with van der Waals surface area (Å²) in [7, 11) is 0. The first-order valence-electron chi connectivity index (χ1n) is 9.44. The van der Waals surface area contributed by atoms with Crippen LogP contribution in [0.2, 0.25) is 0 Å². The van der Waals surface area contributed by atoms with Crippen LogP contribution >= 0.6 is 11.3 Å². The van der Waals surface area contributed by atoms with Crippen LogP contribution in [0, 0.1) is 5.92 Å². The Morgan fingerprint density at radius 2 is 1.96 bits per heavy atom. The Balaban J connectivity index is 1.47. The molecule has 2 aromatic rings. The molecule has 0 aliphatic carbocycles. The van der Waals surface area contributed by atoms with Crippen molar-refractivity contribution < 1.29 is 4.79 Å². The van der Waals surface area contributed by atoms with Crippen molar-refractivity contribution in [3.8, 4) is 0 Å². The highest BCUT2D eigenvalue weighted by molar-refractivity contribution is 7.17. The number of aromatic nitrogens is 2. The van der Waals surface area contributed by atoms with E-state index in [1.807, 2.05) is 0 Å². The minimum absolute atomic E-state index is 0.255. The van der Waals surface area contributed by atoms with Gasteiger partial charge in [0.1, 0.15) is 12.1 Å². The SMILES string of the molecule is CC(=O)N1CCCCC[C@@H]1C1CCN(c2ncnc3ccsc23)CC1. The average molecular weight is 359 g/mol. The molecule has 1 amide bonds. The first-order valence-corrected chi connectivity index (χ1v) is 10.3. The van der Waals surface area contributed by atoms with Crippen molar-refractivity contribution in [2.24, 2.45) is 5.92 Å². The van der Waals surface area contributed by atoms with E-state index >= 15 is 0 Å². The predicted octanol–water partition coefficient (Wildman–Crippen LogP) is 3.70. The zero-order valence-electron chi connectivity index (χ0n) is 14.9. The lowest BCUT2D eigenvalue weighted by Crippen LogP contribution is -2.47. The van der Waals surface area contributed by atoms with Crippen LogP contribution in [-0.2, 0) is 4.79 Å². The summed E-state index contributed by atoms with van der Waals surface area (Å²) in [5.74, 6) is 1.96. The Hall–Kier alpha value is -1.69. The van der Waals surface area contributed by atoms with E-state index in [4.69, 9.17) is 0 Å². The molecule has 0 spiro atoms. The summed E-state index contributed by atoms with van der Waals surface area (Å²) in [5.41, 5.74) is 1.05. The summed E-state index contributed by atoms with van der Waals surface area (Å²) >= 11 is 1.72. The zero-order valence-corrected chi connectivity index (χ0v) is 15.7. The standard InChI is InChI=1S/C19H26N4OS/c1-14(24)23-9-4-2-3-5-17(23)15-6-10-22(11-7-15)19-18-16(8-12-25-18)20-13-21-19/h8,12-13,15,17H,2-7,9-11H2,1H3/t17-/m1/s1. The molecule has 0 unspecified atom stereocenters. The molecule has 25 heavy (non-hydrogen) atoms. The molecular weight excluding hydrogens is 332 g/mol. The second kappa shape index (κ2) is 7.28. The molecule has 0 N–H and O–H groups in total. The van der Waals surface area contributed by atoms with Crippen molar-refractivity contribution in [2.45, 2.75) is 51.5 Å². The van der Waals surface area contributed by atoms with Crippen molar-refractivity contribution in [1.82, 2.24) is 14.9 Å². The molecule has 6 heteroatoms. The van der Waals surface area contributed by atoms with Crippen LogP contribution in [0.5, 0.6) is 0 Å². The van der Waals surface area contributed by atoms with Crippen LogP contribution < -0.4 is 4.90 Å². The number of hydrogen-bond acceptors (Lipinski definition) is 5. The summed E-state index contributed by atoms with van der Waals surface area (Å²) < 4.78 is 1.20. The van der Waals surface area contributed by atoms with Crippen LogP contribution in [-0.4, -0.2) is 46.5 Å². The lowest BCUT2D eigenvalue weighted by atomic mass is 9.86. The predicted molar refractivity (Wildman–Crippen MR) is 102 cm³/mol. The Morgan fingerprint density at radius 3 is 2.76 bits per heavy atom. The minimum Gasteiger partial charge on any atom is -0.355 e. The zero-order chi connectivity index (χ0) is 17.2. The fourth-order valence-corrected chi connectivity index (χ4v) is 5.37. The average Bonchev–Trinajstić information content (AvgIpc) is 2.97. The van der Waals surface area contributed by atoms with E-state index in [0.29, 0.717) is 12.0 Å². The van der Waals surface area contributed by atoms with Gasteiger partial charge in [-0.05, 0) is 43.0 Å². The highest BCUT2D eigenvalue weighted by atomic mass is 32.1. The number of amides is 1. The van der Waals surface area contributed by atoms with Gasteiger partial charge >= 0.3 is 0 Å². The molecule has 134 valence electrons. The first kappa shape index (κ1) is 16.8. The molecule has 2 fully saturated rings. The van der Waals surface area contributed by atoms with Gasteiger partial charge in [-0.3, -0.25) is 4.79 Å². The molecule has 1 atom stereocenters. The van der Waals surface area contributed by atoms with Gasteiger partial charge in [-0.25, -0.2) is 9.97 Å². The van der Waals surface area contributed by atoms with Crippen LogP contribution in [0.25, 0.3) is 10.2 Å². The minimum atomic E-state index is 0.255. The van der Waals surface area contributed by atoms with E-state index in [1.165, 1.54) is 24.0 Å². The van der Waals surface area contributed by atoms with Crippen molar-refractivity contribution in [3.05, 3.63) is 17.8 Å². The number of piperidine rings is 1. The van der Waals surface area contributed by atoms with Crippen LogP contribution in [0.1, 0.15) is 45.4 Å². The number of thiophene rings is 1. The highest BCUT2D eigenvalue weighted by Gasteiger charge is 2.33. The maximum Gasteiger partial charge on any atom is 0.219 e. The van der Waals surface area contributed by atoms with Gasteiger partial charge < -0.3 is 9.80 Å². The number of likely N-dealkylation sites (tertiary alicyclic amines) is 1. The van der Waals surface area contributed by atoms with E-state index < -0.39 is 0 Å². The molecule has 0 saturated carbocycles. The summed E-state index contributed by atoms with van der Waals surface area (Å²) in [5, 5.41) is 2.09. The second-order valence-corrected chi connectivity index (χ2v) is 8.20. The molecule has 0 bridgehead atoms. The van der Waals surface area contributed by atoms with Crippen LogP contribution in [0.4, 0.5) is 5.82 Å². The lowest BCUT2D eigenvalue weighted by Gasteiger charge is -2.40. The molecule has 5 nitrogen and oxygen atoms in total. The monoisotopic (exact) mass is 358 g/mol. The number of fused-ring (bicyclic) bond motifs is 1. The van der Waals surface area contributed by atoms with Crippen LogP contribution in [0.3, 0.4) is 0 Å². The normalized spacial score (nSPS) is 23.0. The van der Waals surface area contributed by atoms with Gasteiger partial charge in [0.2, 0.25) is 5.91 Å². The maximum absolute atomic E-state index is 12.1. The number of carbonyl (C=O) groups excluding carboxylic acids is 1. The van der Waals surface area contributed by atoms with Crippen molar-refractivity contribution in [1.29, 1.82) is 0 Å². The van der Waals surface area contributed by atoms with E-state index in [9.17, 15) is 4.79 Å². The van der Waals surface area contributed by atoms with E-state index in [1.54, 1.807) is 24.6 Å². The van der Waals surface area contributed by atoms with Gasteiger partial charge in [0, 0.05) is 32.6 Å². The fourth-order valence-electron chi connectivity index (χ4n) is 4.51. The van der Waals surface area contributed by atoms with E-state index in [-0.39, 0.29) is 5.91 Å². The third-order valence-electron chi connectivity index (χ3n) is 5.81. The molecule has 2 aliphatic rings. The fraction of sp³-hybridized carbons (Fsp3) is 0.632. The first-order chi connectivity index (χ1) is 12.2. The van der Waals surface area contributed by atoms with Gasteiger partial charge in [0.15, 0.2) is 0 Å². The Bertz CT molecular complexity index is 738. The highest BCUT2D eigenvalue weighted by Crippen LogP contribution is 2.34. The van der Waals surface area contributed by atoms with Gasteiger partial charge in [0.05, 0.1) is 10.2 Å². The smallest absolute Gasteiger partial charge is 0.219 e. The van der Waals surface area contributed by atoms with E-state index in [0.717, 1.165) is 50.2 Å². The van der Waals surface area contributed by atoms with Gasteiger partial charge in [-0.2, -0.15) is 0 Å². The molecule has 4 rings (SSSR count). The van der Waals surface area contributed by atoms with Gasteiger partial charge in [-0.1, -0.05) is 12.8 Å². The van der Waals surface area contributed by atoms with E-state index in [2.05, 4.69) is 31.2 Å². The lowest BCUT2D eigenvalue weighted by molar-refractivity contribution is -0.132. The number of nitrogens with zero attached hydrogens (tertiary/aromatic N) is 4. The molecule has 2 aromatic heterocycles. The third-order valence-corrected chi connectivity index (χ3v) is 6.71. The Morgan fingerprint density at radius 1 is 1.12 bits per heavy atom. The van der Waals surface area contributed by atoms with Gasteiger partial charge in [-0.15, -0.1) is 11.3 Å². The maximum atomic E-state index is 12.1. The molecular formula is C19H26N4OS. The van der Waals surface area contributed by atoms with Crippen LogP contribution in [0.15, 0.2) is 17.8 Å². The Labute approximate surface area is 153 Å². The second-order valence-electron chi connectivity index (χ2n) is 7.29. The molecule has 2 saturated heterocycles. The topological polar surface area (TPSA) is 49.3 Å². The quantitative estimate of drug-likeness (QED) is 0.821. The molecule has 0 radical (unpaired) electrons. The number of anilines is 1. The van der Waals surface area contributed by atoms with Gasteiger partial charge in [0.25, 0.3) is 0 Å². The number of hydrogen-bond donors (Lipinski definition) is 0. The Kier molecular flexibility index (Phi) is 4.88. The summed E-state index contributed by atoms with van der Waals surface area (Å²) in [6, 6.07) is 2.50. The van der Waals surface area contributed by atoms with Crippen molar-refractivity contribution in [2.75, 3.05) is 24.5 Å². The largest absolute Gasteiger partial charge is 0.355 e. The summed E-state index contributed by atoms with van der Waals surface area (Å²) in [6.07, 6.45) is 8.82.